The normalized spacial score (nSPS) is 11.8. The number of rotatable bonds is 5. The summed E-state index contributed by atoms with van der Waals surface area (Å²) in [6.45, 7) is 7.88. The summed E-state index contributed by atoms with van der Waals surface area (Å²) in [6, 6.07) is 12.0. The van der Waals surface area contributed by atoms with E-state index in [1.54, 1.807) is 18.2 Å². The predicted molar refractivity (Wildman–Crippen MR) is 121 cm³/mol. The Balaban J connectivity index is 1.84. The molecule has 0 fully saturated rings. The Morgan fingerprint density at radius 2 is 1.90 bits per heavy atom. The third-order valence-corrected chi connectivity index (χ3v) is 4.93. The van der Waals surface area contributed by atoms with Gasteiger partial charge >= 0.3 is 0 Å². The van der Waals surface area contributed by atoms with Crippen LogP contribution < -0.4 is 5.56 Å². The van der Waals surface area contributed by atoms with Gasteiger partial charge in [-0.05, 0) is 55.1 Å². The maximum Gasteiger partial charge on any atom is 0.251 e. The zero-order valence-electron chi connectivity index (χ0n) is 16.9. The van der Waals surface area contributed by atoms with Crippen LogP contribution in [0.3, 0.4) is 0 Å². The van der Waals surface area contributed by atoms with Crippen molar-refractivity contribution in [1.29, 1.82) is 0 Å². The molecule has 0 atom stereocenters. The molecule has 0 amide bonds. The van der Waals surface area contributed by atoms with Crippen LogP contribution in [0.25, 0.3) is 27.4 Å². The van der Waals surface area contributed by atoms with Crippen LogP contribution in [-0.4, -0.2) is 15.2 Å². The van der Waals surface area contributed by atoms with E-state index >= 15 is 0 Å². The maximum absolute atomic E-state index is 13.2. The average Bonchev–Trinajstić information content (AvgIpc) is 3.10. The van der Waals surface area contributed by atoms with Crippen molar-refractivity contribution in [1.82, 2.24) is 15.2 Å². The highest BCUT2D eigenvalue weighted by Gasteiger charge is 2.12. The van der Waals surface area contributed by atoms with E-state index in [0.717, 1.165) is 44.2 Å². The fourth-order valence-corrected chi connectivity index (χ4v) is 3.57. The summed E-state index contributed by atoms with van der Waals surface area (Å²) in [6.07, 6.45) is 6.17. The molecule has 4 rings (SSSR count). The largest absolute Gasteiger partial charge is 0.322 e. The molecular formula is C25H22FN3O. The first-order chi connectivity index (χ1) is 14.4. The van der Waals surface area contributed by atoms with Crippen molar-refractivity contribution < 1.29 is 4.39 Å². The van der Waals surface area contributed by atoms with Crippen molar-refractivity contribution in [2.45, 2.75) is 20.3 Å². The van der Waals surface area contributed by atoms with Crippen LogP contribution in [-0.2, 0) is 6.42 Å². The van der Waals surface area contributed by atoms with Crippen molar-refractivity contribution in [3.63, 3.8) is 0 Å². The Labute approximate surface area is 173 Å². The Hall–Kier alpha value is -3.73. The van der Waals surface area contributed by atoms with E-state index in [-0.39, 0.29) is 11.4 Å². The minimum Gasteiger partial charge on any atom is -0.322 e. The zero-order valence-corrected chi connectivity index (χ0v) is 16.9. The lowest BCUT2D eigenvalue weighted by Crippen LogP contribution is -2.12. The van der Waals surface area contributed by atoms with Crippen LogP contribution in [0.4, 0.5) is 4.39 Å². The molecule has 2 heterocycles. The van der Waals surface area contributed by atoms with Crippen molar-refractivity contribution in [3.05, 3.63) is 106 Å². The number of hydrogen-bond donors (Lipinski definition) is 2. The van der Waals surface area contributed by atoms with Gasteiger partial charge in [-0.3, -0.25) is 9.89 Å². The highest BCUT2D eigenvalue weighted by atomic mass is 19.1. The van der Waals surface area contributed by atoms with E-state index in [0.29, 0.717) is 12.0 Å². The summed E-state index contributed by atoms with van der Waals surface area (Å²) in [5, 5.41) is 9.44. The van der Waals surface area contributed by atoms with E-state index in [9.17, 15) is 9.18 Å². The first-order valence-electron chi connectivity index (χ1n) is 9.71. The molecule has 0 aliphatic rings. The number of pyridine rings is 1. The average molecular weight is 399 g/mol. The lowest BCUT2D eigenvalue weighted by molar-refractivity contribution is 0.627. The molecular weight excluding hydrogens is 377 g/mol. The SMILES string of the molecule is C=C/C=C(\C=C(C)C)c1n[nH]c2cc3[nH]c(=O)c(Cc4ccc(F)cc4)cc3cc12. The van der Waals surface area contributed by atoms with Gasteiger partial charge in [-0.2, -0.15) is 5.10 Å². The molecule has 2 aromatic carbocycles. The molecule has 0 unspecified atom stereocenters. The zero-order chi connectivity index (χ0) is 21.3. The molecule has 2 N–H and O–H groups in total. The number of allylic oxidation sites excluding steroid dienone is 5. The van der Waals surface area contributed by atoms with Gasteiger partial charge < -0.3 is 4.98 Å². The van der Waals surface area contributed by atoms with Gasteiger partial charge in [0.2, 0.25) is 0 Å². The van der Waals surface area contributed by atoms with E-state index in [2.05, 4.69) is 27.8 Å². The molecule has 0 spiro atoms. The molecule has 4 aromatic rings. The van der Waals surface area contributed by atoms with Crippen LogP contribution in [0.1, 0.15) is 30.7 Å². The molecule has 30 heavy (non-hydrogen) atoms. The predicted octanol–water partition coefficient (Wildman–Crippen LogP) is 5.67. The smallest absolute Gasteiger partial charge is 0.251 e. The molecule has 0 aliphatic heterocycles. The monoisotopic (exact) mass is 399 g/mol. The number of aromatic nitrogens is 3. The molecule has 0 bridgehead atoms. The number of fused-ring (bicyclic) bond motifs is 2. The topological polar surface area (TPSA) is 61.5 Å². The number of nitrogens with zero attached hydrogens (tertiary/aromatic N) is 1. The Kier molecular flexibility index (Phi) is 5.19. The first-order valence-corrected chi connectivity index (χ1v) is 9.71. The van der Waals surface area contributed by atoms with Gasteiger partial charge in [0.25, 0.3) is 5.56 Å². The van der Waals surface area contributed by atoms with Crippen LogP contribution in [0.5, 0.6) is 0 Å². The molecule has 4 nitrogen and oxygen atoms in total. The highest BCUT2D eigenvalue weighted by molar-refractivity contribution is 6.01. The fraction of sp³-hybridized carbons (Fsp3) is 0.120. The fourth-order valence-electron chi connectivity index (χ4n) is 3.57. The summed E-state index contributed by atoms with van der Waals surface area (Å²) < 4.78 is 13.2. The number of halogens is 1. The molecule has 150 valence electrons. The number of H-pyrrole nitrogens is 2. The van der Waals surface area contributed by atoms with E-state index in [1.165, 1.54) is 12.1 Å². The quantitative estimate of drug-likeness (QED) is 0.425. The van der Waals surface area contributed by atoms with Gasteiger partial charge in [0.1, 0.15) is 5.82 Å². The summed E-state index contributed by atoms with van der Waals surface area (Å²) in [4.78, 5) is 15.5. The van der Waals surface area contributed by atoms with Gasteiger partial charge in [-0.25, -0.2) is 4.39 Å². The number of hydrogen-bond acceptors (Lipinski definition) is 2. The van der Waals surface area contributed by atoms with Gasteiger partial charge in [-0.15, -0.1) is 0 Å². The molecule has 0 aliphatic carbocycles. The second-order valence-electron chi connectivity index (χ2n) is 7.56. The Morgan fingerprint density at radius 3 is 2.60 bits per heavy atom. The van der Waals surface area contributed by atoms with Crippen molar-refractivity contribution in [2.24, 2.45) is 0 Å². The summed E-state index contributed by atoms with van der Waals surface area (Å²) >= 11 is 0. The van der Waals surface area contributed by atoms with Gasteiger partial charge in [0, 0.05) is 22.9 Å². The molecule has 2 aromatic heterocycles. The Morgan fingerprint density at radius 1 is 1.13 bits per heavy atom. The van der Waals surface area contributed by atoms with E-state index < -0.39 is 0 Å². The first kappa shape index (κ1) is 19.6. The van der Waals surface area contributed by atoms with Crippen molar-refractivity contribution in [3.8, 4) is 0 Å². The number of aromatic amines is 2. The van der Waals surface area contributed by atoms with E-state index in [1.807, 2.05) is 38.1 Å². The van der Waals surface area contributed by atoms with Crippen LogP contribution in [0.15, 0.2) is 77.6 Å². The third-order valence-electron chi connectivity index (χ3n) is 4.93. The standard InChI is InChI=1S/C25H22FN3O/c1-4-5-17(10-15(2)3)24-21-13-18-12-19(11-16-6-8-20(26)9-7-16)25(30)27-22(18)14-23(21)28-29-24/h4-10,12-14H,1,11H2,2-3H3,(H,27,30)(H,28,29)/b17-5+. The summed E-state index contributed by atoms with van der Waals surface area (Å²) in [7, 11) is 0. The molecule has 0 saturated carbocycles. The molecule has 5 heteroatoms. The van der Waals surface area contributed by atoms with Crippen LogP contribution in [0.2, 0.25) is 0 Å². The van der Waals surface area contributed by atoms with Gasteiger partial charge in [0.15, 0.2) is 0 Å². The van der Waals surface area contributed by atoms with Crippen molar-refractivity contribution in [2.75, 3.05) is 0 Å². The van der Waals surface area contributed by atoms with Crippen LogP contribution >= 0.6 is 0 Å². The molecule has 0 saturated heterocycles. The number of benzene rings is 2. The van der Waals surface area contributed by atoms with Gasteiger partial charge in [0.05, 0.1) is 16.7 Å². The second-order valence-corrected chi connectivity index (χ2v) is 7.56. The summed E-state index contributed by atoms with van der Waals surface area (Å²) in [5.41, 5.74) is 5.90. The van der Waals surface area contributed by atoms with Crippen molar-refractivity contribution >= 4 is 27.4 Å². The minimum atomic E-state index is -0.291. The highest BCUT2D eigenvalue weighted by Crippen LogP contribution is 2.28. The van der Waals surface area contributed by atoms with Gasteiger partial charge in [-0.1, -0.05) is 42.5 Å². The lowest BCUT2D eigenvalue weighted by Gasteiger charge is -2.05. The minimum absolute atomic E-state index is 0.150. The maximum atomic E-state index is 13.2. The second kappa shape index (κ2) is 7.95. The lowest BCUT2D eigenvalue weighted by atomic mass is 10.0. The Bertz CT molecular complexity index is 1370. The summed E-state index contributed by atoms with van der Waals surface area (Å²) in [5.74, 6) is -0.291. The molecule has 0 radical (unpaired) electrons. The van der Waals surface area contributed by atoms with E-state index in [4.69, 9.17) is 0 Å². The van der Waals surface area contributed by atoms with Crippen LogP contribution in [0, 0.1) is 5.82 Å². The number of nitrogens with one attached hydrogen (secondary N) is 2. The third kappa shape index (κ3) is 3.87.